The number of aromatic nitrogens is 2. The summed E-state index contributed by atoms with van der Waals surface area (Å²) >= 11 is 0. The minimum absolute atomic E-state index is 0.0674. The number of hydrogen-bond acceptors (Lipinski definition) is 4. The van der Waals surface area contributed by atoms with E-state index in [0.29, 0.717) is 12.2 Å². The van der Waals surface area contributed by atoms with Crippen LogP contribution in [0.1, 0.15) is 66.0 Å². The van der Waals surface area contributed by atoms with Crippen LogP contribution in [-0.4, -0.2) is 50.2 Å². The maximum Gasteiger partial charge on any atom is 0.254 e. The van der Waals surface area contributed by atoms with Crippen LogP contribution in [0.5, 0.6) is 0 Å². The van der Waals surface area contributed by atoms with E-state index in [2.05, 4.69) is 22.1 Å². The summed E-state index contributed by atoms with van der Waals surface area (Å²) in [5.74, 6) is 0.0674. The van der Waals surface area contributed by atoms with Crippen molar-refractivity contribution >= 4 is 5.91 Å². The van der Waals surface area contributed by atoms with Crippen LogP contribution in [-0.2, 0) is 19.6 Å². The van der Waals surface area contributed by atoms with Crippen molar-refractivity contribution in [1.82, 2.24) is 19.6 Å². The number of piperidine rings is 1. The van der Waals surface area contributed by atoms with Crippen molar-refractivity contribution in [2.75, 3.05) is 19.6 Å². The normalized spacial score (nSPS) is 19.1. The van der Waals surface area contributed by atoms with Crippen LogP contribution >= 0.6 is 0 Å². The van der Waals surface area contributed by atoms with Crippen molar-refractivity contribution in [2.24, 2.45) is 0 Å². The second kappa shape index (κ2) is 8.45. The number of likely N-dealkylation sites (tertiary alicyclic amines) is 1. The van der Waals surface area contributed by atoms with Crippen molar-refractivity contribution < 1.29 is 9.90 Å². The van der Waals surface area contributed by atoms with Gasteiger partial charge >= 0.3 is 0 Å². The Labute approximate surface area is 166 Å². The molecule has 0 saturated carbocycles. The average Bonchev–Trinajstić information content (AvgIpc) is 3.01. The van der Waals surface area contributed by atoms with Gasteiger partial charge in [0.2, 0.25) is 0 Å². The van der Waals surface area contributed by atoms with E-state index < -0.39 is 6.10 Å². The monoisotopic (exact) mass is 382 g/mol. The van der Waals surface area contributed by atoms with E-state index in [1.807, 2.05) is 27.8 Å². The zero-order chi connectivity index (χ0) is 19.5. The molecular formula is C22H30N4O2. The SMILES string of the molecule is C[C@@H](O)c1cc2n(n1)CCCN(C(=O)c1ccc(CN3CCCCC3)cc1)C2. The number of fused-ring (bicyclic) bond motifs is 1. The lowest BCUT2D eigenvalue weighted by Gasteiger charge is -2.26. The second-order valence-corrected chi connectivity index (χ2v) is 8.07. The first-order valence-corrected chi connectivity index (χ1v) is 10.5. The van der Waals surface area contributed by atoms with Crippen LogP contribution in [0.25, 0.3) is 0 Å². The van der Waals surface area contributed by atoms with Gasteiger partial charge in [-0.2, -0.15) is 5.10 Å². The number of benzene rings is 1. The molecule has 6 nitrogen and oxygen atoms in total. The highest BCUT2D eigenvalue weighted by atomic mass is 16.3. The number of rotatable bonds is 4. The van der Waals surface area contributed by atoms with Gasteiger partial charge in [0, 0.05) is 25.2 Å². The Bertz CT molecular complexity index is 806. The van der Waals surface area contributed by atoms with Gasteiger partial charge in [0.1, 0.15) is 0 Å². The van der Waals surface area contributed by atoms with E-state index in [4.69, 9.17) is 0 Å². The predicted molar refractivity (Wildman–Crippen MR) is 108 cm³/mol. The quantitative estimate of drug-likeness (QED) is 0.883. The largest absolute Gasteiger partial charge is 0.387 e. The summed E-state index contributed by atoms with van der Waals surface area (Å²) in [6.07, 6.45) is 4.21. The van der Waals surface area contributed by atoms with Gasteiger partial charge in [0.15, 0.2) is 0 Å². The van der Waals surface area contributed by atoms with Crippen LogP contribution in [0.2, 0.25) is 0 Å². The van der Waals surface area contributed by atoms with E-state index in [0.717, 1.165) is 37.3 Å². The summed E-state index contributed by atoms with van der Waals surface area (Å²) in [6, 6.07) is 10.0. The fraction of sp³-hybridized carbons (Fsp3) is 0.545. The maximum absolute atomic E-state index is 13.0. The number of aliphatic hydroxyl groups is 1. The molecule has 6 heteroatoms. The number of amides is 1. The Morgan fingerprint density at radius 3 is 2.54 bits per heavy atom. The summed E-state index contributed by atoms with van der Waals surface area (Å²) in [4.78, 5) is 17.4. The summed E-state index contributed by atoms with van der Waals surface area (Å²) in [5, 5.41) is 14.2. The van der Waals surface area contributed by atoms with E-state index in [-0.39, 0.29) is 5.91 Å². The zero-order valence-corrected chi connectivity index (χ0v) is 16.7. The Kier molecular flexibility index (Phi) is 5.78. The van der Waals surface area contributed by atoms with Crippen molar-refractivity contribution in [3.8, 4) is 0 Å². The molecule has 1 aromatic heterocycles. The van der Waals surface area contributed by atoms with Crippen molar-refractivity contribution in [3.63, 3.8) is 0 Å². The predicted octanol–water partition coefficient (Wildman–Crippen LogP) is 2.97. The zero-order valence-electron chi connectivity index (χ0n) is 16.7. The van der Waals surface area contributed by atoms with E-state index in [9.17, 15) is 9.90 Å². The molecule has 2 aromatic rings. The van der Waals surface area contributed by atoms with Gasteiger partial charge in [0.05, 0.1) is 24.0 Å². The number of hydrogen-bond donors (Lipinski definition) is 1. The lowest BCUT2D eigenvalue weighted by molar-refractivity contribution is 0.0745. The van der Waals surface area contributed by atoms with E-state index in [1.54, 1.807) is 6.92 Å². The Morgan fingerprint density at radius 2 is 1.82 bits per heavy atom. The highest BCUT2D eigenvalue weighted by Crippen LogP contribution is 2.20. The molecule has 1 amide bonds. The van der Waals surface area contributed by atoms with Crippen molar-refractivity contribution in [1.29, 1.82) is 0 Å². The molecular weight excluding hydrogens is 352 g/mol. The van der Waals surface area contributed by atoms with Gasteiger partial charge in [-0.25, -0.2) is 0 Å². The minimum Gasteiger partial charge on any atom is -0.387 e. The minimum atomic E-state index is -0.587. The molecule has 28 heavy (non-hydrogen) atoms. The molecule has 4 rings (SSSR count). The van der Waals surface area contributed by atoms with Crippen LogP contribution in [0.3, 0.4) is 0 Å². The molecule has 0 spiro atoms. The molecule has 2 aliphatic rings. The number of carbonyl (C=O) groups is 1. The highest BCUT2D eigenvalue weighted by Gasteiger charge is 2.22. The third-order valence-corrected chi connectivity index (χ3v) is 5.80. The molecule has 2 aliphatic heterocycles. The number of nitrogens with zero attached hydrogens (tertiary/aromatic N) is 4. The topological polar surface area (TPSA) is 61.6 Å². The van der Waals surface area contributed by atoms with Gasteiger partial charge in [-0.3, -0.25) is 14.4 Å². The lowest BCUT2D eigenvalue weighted by Crippen LogP contribution is -2.31. The number of aryl methyl sites for hydroxylation is 1. The summed E-state index contributed by atoms with van der Waals surface area (Å²) < 4.78 is 1.93. The average molecular weight is 383 g/mol. The van der Waals surface area contributed by atoms with Crippen LogP contribution in [0.4, 0.5) is 0 Å². The van der Waals surface area contributed by atoms with Crippen molar-refractivity contribution in [2.45, 2.75) is 58.3 Å². The molecule has 0 radical (unpaired) electrons. The molecule has 1 N–H and O–H groups in total. The lowest BCUT2D eigenvalue weighted by atomic mass is 10.1. The Morgan fingerprint density at radius 1 is 1.07 bits per heavy atom. The second-order valence-electron chi connectivity index (χ2n) is 8.07. The van der Waals surface area contributed by atoms with Gasteiger partial charge < -0.3 is 10.0 Å². The molecule has 0 aliphatic carbocycles. The summed E-state index contributed by atoms with van der Waals surface area (Å²) in [7, 11) is 0. The van der Waals surface area contributed by atoms with Gasteiger partial charge in [-0.1, -0.05) is 18.6 Å². The summed E-state index contributed by atoms with van der Waals surface area (Å²) in [5.41, 5.74) is 3.68. The molecule has 0 bridgehead atoms. The molecule has 1 atom stereocenters. The first kappa shape index (κ1) is 19.2. The number of aliphatic hydroxyl groups excluding tert-OH is 1. The fourth-order valence-electron chi connectivity index (χ4n) is 4.17. The molecule has 1 fully saturated rings. The van der Waals surface area contributed by atoms with Crippen molar-refractivity contribution in [3.05, 3.63) is 52.8 Å². The fourth-order valence-corrected chi connectivity index (χ4v) is 4.17. The molecule has 3 heterocycles. The Hall–Kier alpha value is -2.18. The maximum atomic E-state index is 13.0. The third-order valence-electron chi connectivity index (χ3n) is 5.80. The van der Waals surface area contributed by atoms with Crippen LogP contribution < -0.4 is 0 Å². The van der Waals surface area contributed by atoms with E-state index >= 15 is 0 Å². The van der Waals surface area contributed by atoms with E-state index in [1.165, 1.54) is 37.9 Å². The smallest absolute Gasteiger partial charge is 0.254 e. The molecule has 1 aromatic carbocycles. The first-order valence-electron chi connectivity index (χ1n) is 10.5. The third kappa shape index (κ3) is 4.28. The van der Waals surface area contributed by atoms with Gasteiger partial charge in [-0.05, 0) is 63.0 Å². The van der Waals surface area contributed by atoms with Gasteiger partial charge in [-0.15, -0.1) is 0 Å². The first-order chi connectivity index (χ1) is 13.6. The molecule has 1 saturated heterocycles. The molecule has 0 unspecified atom stereocenters. The van der Waals surface area contributed by atoms with Crippen LogP contribution in [0, 0.1) is 0 Å². The Balaban J connectivity index is 1.43. The highest BCUT2D eigenvalue weighted by molar-refractivity contribution is 5.94. The summed E-state index contributed by atoms with van der Waals surface area (Å²) in [6.45, 7) is 7.08. The van der Waals surface area contributed by atoms with Crippen LogP contribution in [0.15, 0.2) is 30.3 Å². The van der Waals surface area contributed by atoms with Gasteiger partial charge in [0.25, 0.3) is 5.91 Å². The standard InChI is InChI=1S/C22H30N4O2/c1-17(27)21-14-20-16-25(12-5-13-26(20)23-21)22(28)19-8-6-18(7-9-19)15-24-10-3-2-4-11-24/h6-9,14,17,27H,2-5,10-13,15-16H2,1H3/t17-/m1/s1. The number of carbonyl (C=O) groups excluding carboxylic acids is 1. The molecule has 150 valence electrons.